The zero-order valence-electron chi connectivity index (χ0n) is 9.13. The molecule has 5 nitrogen and oxygen atoms in total. The molecule has 0 aromatic carbocycles. The lowest BCUT2D eigenvalue weighted by Gasteiger charge is -2.08. The molecule has 1 unspecified atom stereocenters. The molecule has 0 aliphatic carbocycles. The van der Waals surface area contributed by atoms with Crippen molar-refractivity contribution in [2.75, 3.05) is 12.3 Å². The van der Waals surface area contributed by atoms with Crippen molar-refractivity contribution < 1.29 is 13.5 Å². The maximum absolute atomic E-state index is 11.5. The van der Waals surface area contributed by atoms with E-state index in [2.05, 4.69) is 9.71 Å². The molecule has 1 heterocycles. The van der Waals surface area contributed by atoms with Crippen LogP contribution in [0.1, 0.15) is 12.5 Å². The molecule has 0 amide bonds. The van der Waals surface area contributed by atoms with Gasteiger partial charge in [0.2, 0.25) is 10.0 Å². The number of pyridine rings is 1. The van der Waals surface area contributed by atoms with Gasteiger partial charge in [0.25, 0.3) is 0 Å². The number of nitrogens with zero attached hydrogens (tertiary/aromatic N) is 1. The Kier molecular flexibility index (Phi) is 4.85. The SMILES string of the molecule is CC(O)CNS(=O)(=O)CCc1ccncc1. The monoisotopic (exact) mass is 244 g/mol. The fourth-order valence-electron chi connectivity index (χ4n) is 1.12. The predicted octanol–water partition coefficient (Wildman–Crippen LogP) is -0.0757. The smallest absolute Gasteiger partial charge is 0.212 e. The molecule has 0 aliphatic heterocycles. The normalized spacial score (nSPS) is 13.6. The van der Waals surface area contributed by atoms with E-state index < -0.39 is 16.1 Å². The van der Waals surface area contributed by atoms with E-state index in [0.717, 1.165) is 5.56 Å². The molecule has 0 aliphatic rings. The summed E-state index contributed by atoms with van der Waals surface area (Å²) in [5.41, 5.74) is 0.928. The number of aromatic nitrogens is 1. The summed E-state index contributed by atoms with van der Waals surface area (Å²) >= 11 is 0. The Morgan fingerprint density at radius 2 is 2.06 bits per heavy atom. The maximum atomic E-state index is 11.5. The van der Waals surface area contributed by atoms with E-state index in [-0.39, 0.29) is 12.3 Å². The number of rotatable bonds is 6. The lowest BCUT2D eigenvalue weighted by atomic mass is 10.2. The van der Waals surface area contributed by atoms with Gasteiger partial charge in [-0.1, -0.05) is 0 Å². The summed E-state index contributed by atoms with van der Waals surface area (Å²) in [6.07, 6.45) is 3.03. The van der Waals surface area contributed by atoms with Crippen molar-refractivity contribution in [2.45, 2.75) is 19.4 Å². The summed E-state index contributed by atoms with van der Waals surface area (Å²) in [6.45, 7) is 1.59. The average molecular weight is 244 g/mol. The van der Waals surface area contributed by atoms with Crippen molar-refractivity contribution in [3.63, 3.8) is 0 Å². The standard InChI is InChI=1S/C10H16N2O3S/c1-9(13)8-12-16(14,15)7-4-10-2-5-11-6-3-10/h2-3,5-6,9,12-13H,4,7-8H2,1H3. The van der Waals surface area contributed by atoms with Crippen LogP contribution >= 0.6 is 0 Å². The Morgan fingerprint density at radius 3 is 2.62 bits per heavy atom. The zero-order chi connectivity index (χ0) is 12.0. The van der Waals surface area contributed by atoms with Crippen LogP contribution in [0.2, 0.25) is 0 Å². The fraction of sp³-hybridized carbons (Fsp3) is 0.500. The first kappa shape index (κ1) is 13.1. The molecule has 1 rings (SSSR count). The van der Waals surface area contributed by atoms with Crippen LogP contribution in [0.5, 0.6) is 0 Å². The molecule has 0 saturated heterocycles. The van der Waals surface area contributed by atoms with Crippen molar-refractivity contribution in [2.24, 2.45) is 0 Å². The average Bonchev–Trinajstić information content (AvgIpc) is 2.26. The Labute approximate surface area is 95.6 Å². The van der Waals surface area contributed by atoms with Gasteiger partial charge in [0.15, 0.2) is 0 Å². The minimum Gasteiger partial charge on any atom is -0.392 e. The number of aryl methyl sites for hydroxylation is 1. The molecule has 6 heteroatoms. The second-order valence-corrected chi connectivity index (χ2v) is 5.55. The molecule has 0 fully saturated rings. The van der Waals surface area contributed by atoms with Gasteiger partial charge in [-0.2, -0.15) is 0 Å². The Hall–Kier alpha value is -0.980. The van der Waals surface area contributed by atoms with Crippen LogP contribution in [-0.2, 0) is 16.4 Å². The first-order valence-electron chi connectivity index (χ1n) is 5.04. The number of hydrogen-bond acceptors (Lipinski definition) is 4. The molecule has 1 aromatic heterocycles. The molecule has 0 bridgehead atoms. The van der Waals surface area contributed by atoms with Crippen molar-refractivity contribution in [3.8, 4) is 0 Å². The number of hydrogen-bond donors (Lipinski definition) is 2. The van der Waals surface area contributed by atoms with Crippen molar-refractivity contribution in [1.29, 1.82) is 0 Å². The number of aliphatic hydroxyl groups is 1. The quantitative estimate of drug-likeness (QED) is 0.734. The summed E-state index contributed by atoms with van der Waals surface area (Å²) in [5.74, 6) is 0.0176. The highest BCUT2D eigenvalue weighted by molar-refractivity contribution is 7.89. The van der Waals surface area contributed by atoms with Crippen LogP contribution in [0.15, 0.2) is 24.5 Å². The van der Waals surface area contributed by atoms with Crippen LogP contribution in [0.25, 0.3) is 0 Å². The summed E-state index contributed by atoms with van der Waals surface area (Å²) < 4.78 is 25.3. The Bertz CT molecular complexity index is 403. The zero-order valence-corrected chi connectivity index (χ0v) is 9.94. The highest BCUT2D eigenvalue weighted by Gasteiger charge is 2.10. The molecular weight excluding hydrogens is 228 g/mol. The lowest BCUT2D eigenvalue weighted by molar-refractivity contribution is 0.198. The molecule has 2 N–H and O–H groups in total. The van der Waals surface area contributed by atoms with Crippen molar-refractivity contribution in [3.05, 3.63) is 30.1 Å². The van der Waals surface area contributed by atoms with E-state index in [1.807, 2.05) is 0 Å². The second-order valence-electron chi connectivity index (χ2n) is 3.62. The topological polar surface area (TPSA) is 79.3 Å². The van der Waals surface area contributed by atoms with E-state index >= 15 is 0 Å². The Balaban J connectivity index is 2.42. The van der Waals surface area contributed by atoms with Gasteiger partial charge in [-0.15, -0.1) is 0 Å². The summed E-state index contributed by atoms with van der Waals surface area (Å²) in [7, 11) is -3.31. The van der Waals surface area contributed by atoms with Gasteiger partial charge in [0.1, 0.15) is 0 Å². The highest BCUT2D eigenvalue weighted by atomic mass is 32.2. The third-order valence-electron chi connectivity index (χ3n) is 2.01. The van der Waals surface area contributed by atoms with E-state index in [4.69, 9.17) is 5.11 Å². The third-order valence-corrected chi connectivity index (χ3v) is 3.36. The summed E-state index contributed by atoms with van der Waals surface area (Å²) in [6, 6.07) is 3.56. The number of aliphatic hydroxyl groups excluding tert-OH is 1. The van der Waals surface area contributed by atoms with Crippen LogP contribution in [0.3, 0.4) is 0 Å². The molecular formula is C10H16N2O3S. The van der Waals surface area contributed by atoms with Gasteiger partial charge < -0.3 is 5.11 Å². The number of nitrogens with one attached hydrogen (secondary N) is 1. The van der Waals surface area contributed by atoms with Crippen LogP contribution in [0, 0.1) is 0 Å². The van der Waals surface area contributed by atoms with Gasteiger partial charge in [-0.25, -0.2) is 13.1 Å². The highest BCUT2D eigenvalue weighted by Crippen LogP contribution is 1.99. The molecule has 0 saturated carbocycles. The molecule has 0 spiro atoms. The van der Waals surface area contributed by atoms with Gasteiger partial charge in [-0.3, -0.25) is 4.98 Å². The van der Waals surface area contributed by atoms with Crippen molar-refractivity contribution >= 4 is 10.0 Å². The van der Waals surface area contributed by atoms with Crippen LogP contribution in [0.4, 0.5) is 0 Å². The van der Waals surface area contributed by atoms with Gasteiger partial charge >= 0.3 is 0 Å². The predicted molar refractivity (Wildman–Crippen MR) is 61.4 cm³/mol. The maximum Gasteiger partial charge on any atom is 0.212 e. The molecule has 1 atom stereocenters. The van der Waals surface area contributed by atoms with Gasteiger partial charge in [0.05, 0.1) is 11.9 Å². The first-order chi connectivity index (χ1) is 7.49. The van der Waals surface area contributed by atoms with Crippen molar-refractivity contribution in [1.82, 2.24) is 9.71 Å². The van der Waals surface area contributed by atoms with Gasteiger partial charge in [-0.05, 0) is 31.0 Å². The molecule has 16 heavy (non-hydrogen) atoms. The third kappa shape index (κ3) is 5.20. The largest absolute Gasteiger partial charge is 0.392 e. The van der Waals surface area contributed by atoms with E-state index in [0.29, 0.717) is 6.42 Å². The Morgan fingerprint density at radius 1 is 1.44 bits per heavy atom. The lowest BCUT2D eigenvalue weighted by Crippen LogP contribution is -2.33. The van der Waals surface area contributed by atoms with Crippen LogP contribution < -0.4 is 4.72 Å². The summed E-state index contributed by atoms with van der Waals surface area (Å²) in [4.78, 5) is 3.85. The minimum absolute atomic E-state index is 0.0176. The van der Waals surface area contributed by atoms with E-state index in [9.17, 15) is 8.42 Å². The van der Waals surface area contributed by atoms with E-state index in [1.165, 1.54) is 6.92 Å². The molecule has 1 aromatic rings. The first-order valence-corrected chi connectivity index (χ1v) is 6.69. The molecule has 90 valence electrons. The number of sulfonamides is 1. The summed E-state index contributed by atoms with van der Waals surface area (Å²) in [5, 5.41) is 8.97. The van der Waals surface area contributed by atoms with Crippen LogP contribution in [-0.4, -0.2) is 36.9 Å². The fourth-order valence-corrected chi connectivity index (χ4v) is 2.27. The minimum atomic E-state index is -3.31. The van der Waals surface area contributed by atoms with E-state index in [1.54, 1.807) is 24.5 Å². The van der Waals surface area contributed by atoms with Gasteiger partial charge in [0, 0.05) is 18.9 Å². The molecule has 0 radical (unpaired) electrons. The second kappa shape index (κ2) is 5.93.